The highest BCUT2D eigenvalue weighted by molar-refractivity contribution is 7.99. The lowest BCUT2D eigenvalue weighted by molar-refractivity contribution is -0.113. The van der Waals surface area contributed by atoms with Gasteiger partial charge in [-0.1, -0.05) is 35.5 Å². The van der Waals surface area contributed by atoms with E-state index in [2.05, 4.69) is 5.32 Å². The number of anilines is 1. The number of methoxy groups -OCH3 is 1. The van der Waals surface area contributed by atoms with Crippen LogP contribution in [0.4, 0.5) is 5.69 Å². The molecule has 1 aliphatic rings. The van der Waals surface area contributed by atoms with Crippen LogP contribution in [-0.4, -0.2) is 38.9 Å². The van der Waals surface area contributed by atoms with Crippen molar-refractivity contribution in [3.63, 3.8) is 0 Å². The first-order chi connectivity index (χ1) is 17.7. The summed E-state index contributed by atoms with van der Waals surface area (Å²) in [6.07, 6.45) is 0.631. The van der Waals surface area contributed by atoms with Gasteiger partial charge in [-0.2, -0.15) is 0 Å². The fraction of sp³-hybridized carbons (Fsp3) is 0.286. The van der Waals surface area contributed by atoms with Crippen LogP contribution in [0.2, 0.25) is 0 Å². The van der Waals surface area contributed by atoms with Gasteiger partial charge in [0.15, 0.2) is 10.8 Å². The van der Waals surface area contributed by atoms with Gasteiger partial charge in [-0.25, -0.2) is 9.97 Å². The second-order valence-corrected chi connectivity index (χ2v) is 10.6. The number of amides is 1. The molecule has 4 aromatic rings. The Balaban J connectivity index is 1.52. The number of nitrogens with zero attached hydrogens (tertiary/aromatic N) is 3. The average Bonchev–Trinajstić information content (AvgIpc) is 2.87. The Bertz CT molecular complexity index is 1550. The number of carbonyl (C=O) groups excluding carboxylic acids is 1. The molecule has 190 valence electrons. The monoisotopic (exact) mass is 516 g/mol. The van der Waals surface area contributed by atoms with E-state index in [0.29, 0.717) is 46.3 Å². The largest absolute Gasteiger partial charge is 0.497 e. The number of hydrogen-bond acceptors (Lipinski definition) is 7. The topological polar surface area (TPSA) is 95.3 Å². The van der Waals surface area contributed by atoms with E-state index in [-0.39, 0.29) is 22.8 Å². The zero-order valence-electron chi connectivity index (χ0n) is 21.2. The number of fused-ring (bicyclic) bond motifs is 2. The molecule has 1 N–H and O–H groups in total. The number of pyridine rings is 1. The van der Waals surface area contributed by atoms with Crippen LogP contribution in [0.25, 0.3) is 16.7 Å². The predicted octanol–water partition coefficient (Wildman–Crippen LogP) is 4.68. The smallest absolute Gasteiger partial charge is 0.268 e. The van der Waals surface area contributed by atoms with Crippen molar-refractivity contribution in [3.8, 4) is 11.4 Å². The number of thioether (sulfide) groups is 1. The quantitative estimate of drug-likeness (QED) is 0.294. The van der Waals surface area contributed by atoms with Crippen molar-refractivity contribution in [2.45, 2.75) is 44.6 Å². The van der Waals surface area contributed by atoms with Crippen LogP contribution in [0.3, 0.4) is 0 Å². The van der Waals surface area contributed by atoms with Crippen molar-refractivity contribution in [2.24, 2.45) is 0 Å². The zero-order valence-corrected chi connectivity index (χ0v) is 22.0. The summed E-state index contributed by atoms with van der Waals surface area (Å²) in [4.78, 5) is 36.1. The number of aromatic nitrogens is 3. The number of benzene rings is 2. The number of hydrogen-bond donors (Lipinski definition) is 1. The Morgan fingerprint density at radius 3 is 2.70 bits per heavy atom. The molecule has 1 amide bonds. The molecular formula is C28H28N4O4S. The average molecular weight is 517 g/mol. The Kier molecular flexibility index (Phi) is 6.74. The maximum absolute atomic E-state index is 13.8. The van der Waals surface area contributed by atoms with E-state index in [1.807, 2.05) is 57.2 Å². The molecule has 2 aromatic heterocycles. The SMILES string of the molecule is COc1cccc(NC(=O)CSc2nc3nc4c(cc3c(=O)n2-c2ccc(C)cc2)COC(C)(C)C4)c1. The predicted molar refractivity (Wildman–Crippen MR) is 145 cm³/mol. The summed E-state index contributed by atoms with van der Waals surface area (Å²) in [6, 6.07) is 16.6. The van der Waals surface area contributed by atoms with E-state index in [1.54, 1.807) is 29.9 Å². The third kappa shape index (κ3) is 5.38. The maximum atomic E-state index is 13.8. The lowest BCUT2D eigenvalue weighted by atomic mass is 9.95. The van der Waals surface area contributed by atoms with E-state index >= 15 is 0 Å². The van der Waals surface area contributed by atoms with E-state index in [9.17, 15) is 9.59 Å². The highest BCUT2D eigenvalue weighted by atomic mass is 32.2. The molecule has 37 heavy (non-hydrogen) atoms. The lowest BCUT2D eigenvalue weighted by Crippen LogP contribution is -2.33. The molecule has 0 radical (unpaired) electrons. The normalized spacial score (nSPS) is 14.3. The fourth-order valence-electron chi connectivity index (χ4n) is 4.22. The number of aryl methyl sites for hydroxylation is 1. The molecule has 0 saturated heterocycles. The van der Waals surface area contributed by atoms with Crippen molar-refractivity contribution in [1.29, 1.82) is 0 Å². The van der Waals surface area contributed by atoms with Gasteiger partial charge in [0.25, 0.3) is 5.56 Å². The molecule has 0 unspecified atom stereocenters. The van der Waals surface area contributed by atoms with Crippen LogP contribution in [-0.2, 0) is 22.6 Å². The molecule has 0 atom stereocenters. The third-order valence-electron chi connectivity index (χ3n) is 6.19. The maximum Gasteiger partial charge on any atom is 0.268 e. The van der Waals surface area contributed by atoms with E-state index in [1.165, 1.54) is 11.8 Å². The van der Waals surface area contributed by atoms with E-state index < -0.39 is 0 Å². The zero-order chi connectivity index (χ0) is 26.2. The van der Waals surface area contributed by atoms with Gasteiger partial charge in [0.05, 0.1) is 41.8 Å². The summed E-state index contributed by atoms with van der Waals surface area (Å²) in [7, 11) is 1.58. The molecule has 0 aliphatic carbocycles. The summed E-state index contributed by atoms with van der Waals surface area (Å²) in [5.74, 6) is 0.491. The summed E-state index contributed by atoms with van der Waals surface area (Å²) < 4.78 is 12.7. The Morgan fingerprint density at radius 2 is 1.95 bits per heavy atom. The van der Waals surface area contributed by atoms with Crippen LogP contribution in [0.5, 0.6) is 5.75 Å². The first-order valence-electron chi connectivity index (χ1n) is 12.0. The number of ether oxygens (including phenoxy) is 2. The minimum atomic E-state index is -0.333. The van der Waals surface area contributed by atoms with Crippen LogP contribution >= 0.6 is 11.8 Å². The highest BCUT2D eigenvalue weighted by Crippen LogP contribution is 2.29. The fourth-order valence-corrected chi connectivity index (χ4v) is 5.03. The minimum Gasteiger partial charge on any atom is -0.497 e. The first-order valence-corrected chi connectivity index (χ1v) is 12.9. The molecule has 9 heteroatoms. The van der Waals surface area contributed by atoms with Crippen molar-refractivity contribution < 1.29 is 14.3 Å². The minimum absolute atomic E-state index is 0.0623. The Morgan fingerprint density at radius 1 is 1.16 bits per heavy atom. The molecule has 0 spiro atoms. The van der Waals surface area contributed by atoms with E-state index in [0.717, 1.165) is 16.8 Å². The van der Waals surface area contributed by atoms with Gasteiger partial charge < -0.3 is 14.8 Å². The van der Waals surface area contributed by atoms with Crippen LogP contribution < -0.4 is 15.6 Å². The van der Waals surface area contributed by atoms with Gasteiger partial charge in [-0.15, -0.1) is 0 Å². The van der Waals surface area contributed by atoms with Crippen molar-refractivity contribution >= 4 is 34.4 Å². The van der Waals surface area contributed by atoms with Gasteiger partial charge in [0.1, 0.15) is 5.75 Å². The number of nitrogens with one attached hydrogen (secondary N) is 1. The molecule has 0 fully saturated rings. The molecule has 1 aliphatic heterocycles. The summed E-state index contributed by atoms with van der Waals surface area (Å²) in [5.41, 5.74) is 3.98. The molecule has 8 nitrogen and oxygen atoms in total. The highest BCUT2D eigenvalue weighted by Gasteiger charge is 2.28. The Hall–Kier alpha value is -3.69. The molecule has 0 bridgehead atoms. The number of rotatable bonds is 6. The summed E-state index contributed by atoms with van der Waals surface area (Å²) in [6.45, 7) is 6.43. The standard InChI is InChI=1S/C28H28N4O4S/c1-17-8-10-20(11-9-17)32-26(34)22-12-18-15-36-28(2,3)14-23(18)30-25(22)31-27(32)37-16-24(33)29-19-6-5-7-21(13-19)35-4/h5-13H,14-16H2,1-4H3,(H,29,33). The van der Waals surface area contributed by atoms with Gasteiger partial charge >= 0.3 is 0 Å². The van der Waals surface area contributed by atoms with Crippen molar-refractivity contribution in [3.05, 3.63) is 81.8 Å². The Labute approximate surface area is 219 Å². The lowest BCUT2D eigenvalue weighted by Gasteiger charge is -2.31. The first kappa shape index (κ1) is 25.0. The second kappa shape index (κ2) is 9.99. The van der Waals surface area contributed by atoms with Crippen molar-refractivity contribution in [2.75, 3.05) is 18.2 Å². The van der Waals surface area contributed by atoms with E-state index in [4.69, 9.17) is 19.4 Å². The molecule has 5 rings (SSSR count). The molecule has 3 heterocycles. The van der Waals surface area contributed by atoms with Crippen LogP contribution in [0, 0.1) is 6.92 Å². The third-order valence-corrected chi connectivity index (χ3v) is 7.13. The molecule has 2 aromatic carbocycles. The van der Waals surface area contributed by atoms with Crippen LogP contribution in [0.1, 0.15) is 30.7 Å². The van der Waals surface area contributed by atoms with Gasteiger partial charge in [0.2, 0.25) is 5.91 Å². The van der Waals surface area contributed by atoms with Gasteiger partial charge in [0, 0.05) is 23.7 Å². The molecule has 0 saturated carbocycles. The second-order valence-electron chi connectivity index (χ2n) is 9.63. The van der Waals surface area contributed by atoms with Gasteiger partial charge in [-0.3, -0.25) is 14.2 Å². The summed E-state index contributed by atoms with van der Waals surface area (Å²) in [5, 5.41) is 3.70. The van der Waals surface area contributed by atoms with Crippen LogP contribution in [0.15, 0.2) is 64.5 Å². The number of carbonyl (C=O) groups is 1. The summed E-state index contributed by atoms with van der Waals surface area (Å²) >= 11 is 1.19. The van der Waals surface area contributed by atoms with Crippen molar-refractivity contribution in [1.82, 2.24) is 14.5 Å². The molecular weight excluding hydrogens is 488 g/mol. The van der Waals surface area contributed by atoms with Gasteiger partial charge in [-0.05, 0) is 51.1 Å².